The van der Waals surface area contributed by atoms with E-state index >= 15 is 0 Å². The first-order chi connectivity index (χ1) is 13.8. The molecule has 0 bridgehead atoms. The van der Waals surface area contributed by atoms with E-state index in [1.54, 1.807) is 11.0 Å². The molecule has 0 atom stereocenters. The van der Waals surface area contributed by atoms with E-state index in [4.69, 9.17) is 0 Å². The van der Waals surface area contributed by atoms with Crippen molar-refractivity contribution in [1.82, 2.24) is 24.6 Å². The molecule has 3 rings (SSSR count). The zero-order valence-corrected chi connectivity index (χ0v) is 17.8. The Hall–Kier alpha value is -2.96. The largest absolute Gasteiger partial charge is 0.335 e. The van der Waals surface area contributed by atoms with Gasteiger partial charge in [-0.15, -0.1) is 0 Å². The zero-order chi connectivity index (χ0) is 21.1. The molecule has 1 amide bonds. The number of nitrogens with one attached hydrogen (secondary N) is 1. The lowest BCUT2D eigenvalue weighted by molar-refractivity contribution is -0.131. The summed E-state index contributed by atoms with van der Waals surface area (Å²) < 4.78 is 1.99. The van der Waals surface area contributed by atoms with Crippen molar-refractivity contribution in [2.45, 2.75) is 54.1 Å². The van der Waals surface area contributed by atoms with Gasteiger partial charge in [0.2, 0.25) is 5.91 Å². The molecule has 29 heavy (non-hydrogen) atoms. The Bertz CT molecular complexity index is 1080. The minimum atomic E-state index is -0.184. The van der Waals surface area contributed by atoms with Gasteiger partial charge in [0.25, 0.3) is 5.56 Å². The van der Waals surface area contributed by atoms with Crippen LogP contribution in [-0.4, -0.2) is 37.1 Å². The maximum Gasteiger partial charge on any atom is 0.258 e. The van der Waals surface area contributed by atoms with E-state index in [9.17, 15) is 9.59 Å². The number of likely N-dealkylation sites (N-methyl/N-ethyl adjacent to an activating group) is 1. The van der Waals surface area contributed by atoms with Crippen molar-refractivity contribution in [1.29, 1.82) is 0 Å². The number of para-hydroxylation sites is 1. The summed E-state index contributed by atoms with van der Waals surface area (Å²) in [7, 11) is 0. The third kappa shape index (κ3) is 4.55. The van der Waals surface area contributed by atoms with Gasteiger partial charge < -0.3 is 9.88 Å². The molecule has 2 heterocycles. The van der Waals surface area contributed by atoms with Crippen LogP contribution in [-0.2, 0) is 24.3 Å². The minimum absolute atomic E-state index is 0.00129. The van der Waals surface area contributed by atoms with E-state index in [1.807, 2.05) is 43.7 Å². The maximum atomic E-state index is 13.0. The fraction of sp³-hybridized carbons (Fsp3) is 0.455. The average Bonchev–Trinajstić information content (AvgIpc) is 2.93. The Morgan fingerprint density at radius 3 is 2.66 bits per heavy atom. The number of benzene rings is 1. The van der Waals surface area contributed by atoms with Crippen LogP contribution in [0.15, 0.2) is 29.1 Å². The van der Waals surface area contributed by atoms with Gasteiger partial charge in [0.15, 0.2) is 0 Å². The normalized spacial score (nSPS) is 11.4. The van der Waals surface area contributed by atoms with Crippen LogP contribution in [0.3, 0.4) is 0 Å². The molecule has 7 nitrogen and oxygen atoms in total. The van der Waals surface area contributed by atoms with Crippen LogP contribution in [0.1, 0.15) is 43.5 Å². The molecule has 0 aliphatic carbocycles. The third-order valence-corrected chi connectivity index (χ3v) is 5.13. The van der Waals surface area contributed by atoms with E-state index in [0.29, 0.717) is 35.6 Å². The van der Waals surface area contributed by atoms with Crippen LogP contribution in [0.5, 0.6) is 0 Å². The third-order valence-electron chi connectivity index (χ3n) is 5.13. The van der Waals surface area contributed by atoms with E-state index < -0.39 is 0 Å². The number of nitrogens with zero attached hydrogens (tertiary/aromatic N) is 4. The molecule has 1 aromatic carbocycles. The molecule has 0 aliphatic heterocycles. The Balaban J connectivity index is 1.80. The van der Waals surface area contributed by atoms with Gasteiger partial charge in [-0.3, -0.25) is 14.3 Å². The summed E-state index contributed by atoms with van der Waals surface area (Å²) in [6, 6.07) is 7.21. The summed E-state index contributed by atoms with van der Waals surface area (Å²) in [6.45, 7) is 11.8. The van der Waals surface area contributed by atoms with Crippen molar-refractivity contribution in [3.05, 3.63) is 57.4 Å². The van der Waals surface area contributed by atoms with Crippen LogP contribution in [0.4, 0.5) is 0 Å². The van der Waals surface area contributed by atoms with E-state index in [1.165, 1.54) is 0 Å². The van der Waals surface area contributed by atoms with Gasteiger partial charge in [-0.2, -0.15) is 5.10 Å². The number of amides is 1. The average molecular weight is 396 g/mol. The van der Waals surface area contributed by atoms with Crippen LogP contribution in [0.25, 0.3) is 10.9 Å². The fourth-order valence-electron chi connectivity index (χ4n) is 3.54. The van der Waals surface area contributed by atoms with Crippen molar-refractivity contribution in [3.63, 3.8) is 0 Å². The molecule has 0 fully saturated rings. The van der Waals surface area contributed by atoms with Crippen LogP contribution >= 0.6 is 0 Å². The number of carbonyl (C=O) groups excluding carboxylic acids is 1. The number of hydrogen-bond acceptors (Lipinski definition) is 4. The molecule has 0 radical (unpaired) electrons. The number of aryl methyl sites for hydroxylation is 1. The van der Waals surface area contributed by atoms with Gasteiger partial charge in [-0.1, -0.05) is 26.0 Å². The smallest absolute Gasteiger partial charge is 0.258 e. The molecular formula is C22H29N5O2. The zero-order valence-electron chi connectivity index (χ0n) is 17.8. The van der Waals surface area contributed by atoms with Crippen LogP contribution in [0, 0.1) is 19.8 Å². The van der Waals surface area contributed by atoms with Gasteiger partial charge in [0, 0.05) is 24.3 Å². The van der Waals surface area contributed by atoms with Crippen molar-refractivity contribution < 1.29 is 4.79 Å². The highest BCUT2D eigenvalue weighted by Crippen LogP contribution is 2.17. The molecule has 2 aromatic heterocycles. The number of hydrogen-bond donors (Lipinski definition) is 1. The number of fused-ring (bicyclic) bond motifs is 1. The first-order valence-corrected chi connectivity index (χ1v) is 10.1. The summed E-state index contributed by atoms with van der Waals surface area (Å²) >= 11 is 0. The fourth-order valence-corrected chi connectivity index (χ4v) is 3.54. The van der Waals surface area contributed by atoms with E-state index in [-0.39, 0.29) is 18.0 Å². The molecule has 7 heteroatoms. The number of H-pyrrole nitrogens is 1. The van der Waals surface area contributed by atoms with E-state index in [0.717, 1.165) is 23.5 Å². The first kappa shape index (κ1) is 20.8. The lowest BCUT2D eigenvalue weighted by Gasteiger charge is -2.20. The standard InChI is InChI=1S/C22H29N5O2/c1-6-26(13-20-23-19-10-8-7-9-17(19)22(29)24-20)21(28)11-18-15(4)25-27(16(18)5)12-14(2)3/h7-10,14H,6,11-13H2,1-5H3,(H,23,24,29). The Morgan fingerprint density at radius 2 is 1.97 bits per heavy atom. The Labute approximate surface area is 170 Å². The van der Waals surface area contributed by atoms with Gasteiger partial charge in [0.05, 0.1) is 29.6 Å². The number of rotatable bonds is 7. The summed E-state index contributed by atoms with van der Waals surface area (Å²) in [5, 5.41) is 5.15. The van der Waals surface area contributed by atoms with Crippen molar-refractivity contribution >= 4 is 16.8 Å². The van der Waals surface area contributed by atoms with Crippen molar-refractivity contribution in [3.8, 4) is 0 Å². The Morgan fingerprint density at radius 1 is 1.24 bits per heavy atom. The maximum absolute atomic E-state index is 13.0. The lowest BCUT2D eigenvalue weighted by Crippen LogP contribution is -2.33. The highest BCUT2D eigenvalue weighted by Gasteiger charge is 2.20. The van der Waals surface area contributed by atoms with E-state index in [2.05, 4.69) is 28.9 Å². The molecule has 0 aliphatic rings. The monoisotopic (exact) mass is 395 g/mol. The summed E-state index contributed by atoms with van der Waals surface area (Å²) in [4.78, 5) is 34.3. The molecule has 0 saturated heterocycles. The van der Waals surface area contributed by atoms with Gasteiger partial charge in [0.1, 0.15) is 5.82 Å². The van der Waals surface area contributed by atoms with Crippen molar-refractivity contribution in [2.75, 3.05) is 6.54 Å². The van der Waals surface area contributed by atoms with Crippen LogP contribution < -0.4 is 5.56 Å². The first-order valence-electron chi connectivity index (χ1n) is 10.1. The minimum Gasteiger partial charge on any atom is -0.335 e. The molecule has 3 aromatic rings. The highest BCUT2D eigenvalue weighted by molar-refractivity contribution is 5.79. The second-order valence-electron chi connectivity index (χ2n) is 7.84. The highest BCUT2D eigenvalue weighted by atomic mass is 16.2. The number of aromatic nitrogens is 4. The molecule has 0 unspecified atom stereocenters. The lowest BCUT2D eigenvalue weighted by atomic mass is 10.1. The number of carbonyl (C=O) groups is 1. The van der Waals surface area contributed by atoms with Crippen molar-refractivity contribution in [2.24, 2.45) is 5.92 Å². The second-order valence-corrected chi connectivity index (χ2v) is 7.84. The molecule has 0 saturated carbocycles. The van der Waals surface area contributed by atoms with Gasteiger partial charge >= 0.3 is 0 Å². The van der Waals surface area contributed by atoms with Gasteiger partial charge in [-0.05, 0) is 38.8 Å². The Kier molecular flexibility index (Phi) is 6.15. The molecule has 154 valence electrons. The summed E-state index contributed by atoms with van der Waals surface area (Å²) in [5.41, 5.74) is 3.36. The summed E-state index contributed by atoms with van der Waals surface area (Å²) in [6.07, 6.45) is 0.293. The topological polar surface area (TPSA) is 83.9 Å². The van der Waals surface area contributed by atoms with Gasteiger partial charge in [-0.25, -0.2) is 4.98 Å². The van der Waals surface area contributed by atoms with Crippen LogP contribution in [0.2, 0.25) is 0 Å². The molecular weight excluding hydrogens is 366 g/mol. The predicted molar refractivity (Wildman–Crippen MR) is 114 cm³/mol. The molecule has 1 N–H and O–H groups in total. The SMILES string of the molecule is CCN(Cc1nc2ccccc2c(=O)[nH]1)C(=O)Cc1c(C)nn(CC(C)C)c1C. The second kappa shape index (κ2) is 8.59. The summed E-state index contributed by atoms with van der Waals surface area (Å²) in [5.74, 6) is 0.978. The quantitative estimate of drug-likeness (QED) is 0.667. The molecule has 0 spiro atoms. The number of aromatic amines is 1. The predicted octanol–water partition coefficient (Wildman–Crippen LogP) is 2.98.